The van der Waals surface area contributed by atoms with E-state index in [1.165, 1.54) is 12.1 Å². The number of hydrogen-bond acceptors (Lipinski definition) is 2. The Morgan fingerprint density at radius 1 is 1.28 bits per heavy atom. The van der Waals surface area contributed by atoms with E-state index in [0.717, 1.165) is 22.9 Å². The van der Waals surface area contributed by atoms with E-state index in [1.807, 2.05) is 6.92 Å². The number of anilines is 1. The summed E-state index contributed by atoms with van der Waals surface area (Å²) >= 11 is 0. The molecule has 6 heteroatoms. The SMILES string of the molecule is CCC1=NN(c2ccc(C(F)(F)F)cc2)C(=O)C1. The van der Waals surface area contributed by atoms with Crippen molar-refractivity contribution in [2.75, 3.05) is 5.01 Å². The quantitative estimate of drug-likeness (QED) is 0.799. The van der Waals surface area contributed by atoms with Crippen molar-refractivity contribution in [2.24, 2.45) is 5.10 Å². The van der Waals surface area contributed by atoms with E-state index >= 15 is 0 Å². The molecule has 0 bridgehead atoms. The Morgan fingerprint density at radius 2 is 1.89 bits per heavy atom. The summed E-state index contributed by atoms with van der Waals surface area (Å²) in [5.74, 6) is -0.216. The van der Waals surface area contributed by atoms with E-state index in [4.69, 9.17) is 0 Å². The van der Waals surface area contributed by atoms with E-state index < -0.39 is 11.7 Å². The summed E-state index contributed by atoms with van der Waals surface area (Å²) < 4.78 is 37.1. The van der Waals surface area contributed by atoms with Crippen LogP contribution in [0.25, 0.3) is 0 Å². The molecule has 0 atom stereocenters. The molecule has 3 nitrogen and oxygen atoms in total. The second-order valence-electron chi connectivity index (χ2n) is 3.95. The van der Waals surface area contributed by atoms with Crippen LogP contribution in [0, 0.1) is 0 Å². The van der Waals surface area contributed by atoms with Crippen molar-refractivity contribution >= 4 is 17.3 Å². The highest BCUT2D eigenvalue weighted by Gasteiger charge is 2.31. The summed E-state index contributed by atoms with van der Waals surface area (Å²) in [5, 5.41) is 5.22. The van der Waals surface area contributed by atoms with Gasteiger partial charge in [0.2, 0.25) is 0 Å². The summed E-state index contributed by atoms with van der Waals surface area (Å²) in [5.41, 5.74) is 0.355. The first-order valence-electron chi connectivity index (χ1n) is 5.48. The van der Waals surface area contributed by atoms with Crippen LogP contribution in [0.3, 0.4) is 0 Å². The molecule has 0 unspecified atom stereocenters. The van der Waals surface area contributed by atoms with Crippen molar-refractivity contribution in [1.29, 1.82) is 0 Å². The lowest BCUT2D eigenvalue weighted by atomic mass is 10.2. The van der Waals surface area contributed by atoms with Crippen LogP contribution >= 0.6 is 0 Å². The van der Waals surface area contributed by atoms with Gasteiger partial charge < -0.3 is 0 Å². The monoisotopic (exact) mass is 256 g/mol. The van der Waals surface area contributed by atoms with E-state index in [2.05, 4.69) is 5.10 Å². The fourth-order valence-electron chi connectivity index (χ4n) is 1.67. The van der Waals surface area contributed by atoms with Gasteiger partial charge in [-0.15, -0.1) is 0 Å². The van der Waals surface area contributed by atoms with E-state index in [0.29, 0.717) is 12.1 Å². The third-order valence-electron chi connectivity index (χ3n) is 2.68. The van der Waals surface area contributed by atoms with Crippen LogP contribution in [-0.4, -0.2) is 11.6 Å². The van der Waals surface area contributed by atoms with Gasteiger partial charge in [-0.1, -0.05) is 6.92 Å². The zero-order chi connectivity index (χ0) is 13.3. The van der Waals surface area contributed by atoms with E-state index in [-0.39, 0.29) is 12.3 Å². The Morgan fingerprint density at radius 3 is 2.33 bits per heavy atom. The minimum atomic E-state index is -4.37. The van der Waals surface area contributed by atoms with Crippen LogP contribution in [0.4, 0.5) is 18.9 Å². The zero-order valence-corrected chi connectivity index (χ0v) is 9.66. The minimum Gasteiger partial charge on any atom is -0.272 e. The Bertz CT molecular complexity index is 491. The molecule has 0 aliphatic carbocycles. The van der Waals surface area contributed by atoms with Crippen LogP contribution in [0.1, 0.15) is 25.3 Å². The largest absolute Gasteiger partial charge is 0.416 e. The molecule has 18 heavy (non-hydrogen) atoms. The fourth-order valence-corrected chi connectivity index (χ4v) is 1.67. The summed E-state index contributed by atoms with van der Waals surface area (Å²) in [4.78, 5) is 11.6. The van der Waals surface area contributed by atoms with Gasteiger partial charge in [0, 0.05) is 5.71 Å². The Labute approximate surface area is 102 Å². The maximum absolute atomic E-state index is 12.4. The number of rotatable bonds is 2. The molecule has 1 aromatic carbocycles. The number of nitrogens with zero attached hydrogens (tertiary/aromatic N) is 2. The van der Waals surface area contributed by atoms with Gasteiger partial charge in [0.25, 0.3) is 5.91 Å². The molecule has 0 fully saturated rings. The van der Waals surface area contributed by atoms with Crippen molar-refractivity contribution in [3.63, 3.8) is 0 Å². The lowest BCUT2D eigenvalue weighted by Crippen LogP contribution is -2.19. The predicted octanol–water partition coefficient (Wildman–Crippen LogP) is 3.21. The topological polar surface area (TPSA) is 32.7 Å². The van der Waals surface area contributed by atoms with Crippen LogP contribution in [0.2, 0.25) is 0 Å². The predicted molar refractivity (Wildman–Crippen MR) is 61.3 cm³/mol. The van der Waals surface area contributed by atoms with Gasteiger partial charge in [-0.3, -0.25) is 4.79 Å². The van der Waals surface area contributed by atoms with Crippen molar-refractivity contribution < 1.29 is 18.0 Å². The van der Waals surface area contributed by atoms with E-state index in [1.54, 1.807) is 0 Å². The number of amides is 1. The molecule has 1 aliphatic rings. The van der Waals surface area contributed by atoms with Crippen LogP contribution < -0.4 is 5.01 Å². The number of halogens is 3. The van der Waals surface area contributed by atoms with Crippen molar-refractivity contribution in [3.8, 4) is 0 Å². The van der Waals surface area contributed by atoms with Gasteiger partial charge >= 0.3 is 6.18 Å². The number of hydrogen-bond donors (Lipinski definition) is 0. The van der Waals surface area contributed by atoms with Gasteiger partial charge in [-0.2, -0.15) is 18.3 Å². The van der Waals surface area contributed by atoms with Crippen molar-refractivity contribution in [2.45, 2.75) is 25.9 Å². The Balaban J connectivity index is 2.25. The molecule has 1 heterocycles. The molecule has 0 spiro atoms. The maximum Gasteiger partial charge on any atom is 0.416 e. The number of carbonyl (C=O) groups excluding carboxylic acids is 1. The smallest absolute Gasteiger partial charge is 0.272 e. The average molecular weight is 256 g/mol. The van der Waals surface area contributed by atoms with Crippen LogP contribution in [0.5, 0.6) is 0 Å². The van der Waals surface area contributed by atoms with Gasteiger partial charge in [0.05, 0.1) is 17.7 Å². The van der Waals surface area contributed by atoms with Gasteiger partial charge in [0.15, 0.2) is 0 Å². The van der Waals surface area contributed by atoms with Crippen LogP contribution in [-0.2, 0) is 11.0 Å². The maximum atomic E-state index is 12.4. The number of carbonyl (C=O) groups is 1. The fraction of sp³-hybridized carbons (Fsp3) is 0.333. The van der Waals surface area contributed by atoms with Gasteiger partial charge in [-0.05, 0) is 30.7 Å². The molecule has 0 aromatic heterocycles. The lowest BCUT2D eigenvalue weighted by Gasteiger charge is -2.13. The summed E-state index contributed by atoms with van der Waals surface area (Å²) in [6, 6.07) is 4.40. The molecule has 2 rings (SSSR count). The minimum absolute atomic E-state index is 0.216. The first-order valence-corrected chi connectivity index (χ1v) is 5.48. The normalized spacial score (nSPS) is 16.1. The number of hydrazone groups is 1. The molecule has 0 saturated heterocycles. The molecular weight excluding hydrogens is 245 g/mol. The van der Waals surface area contributed by atoms with Gasteiger partial charge in [-0.25, -0.2) is 5.01 Å². The highest BCUT2D eigenvalue weighted by molar-refractivity contribution is 6.12. The molecule has 96 valence electrons. The first-order chi connectivity index (χ1) is 8.41. The lowest BCUT2D eigenvalue weighted by molar-refractivity contribution is -0.137. The Hall–Kier alpha value is -1.85. The molecule has 0 radical (unpaired) electrons. The molecule has 1 aromatic rings. The summed E-state index contributed by atoms with van der Waals surface area (Å²) in [6.45, 7) is 1.88. The molecular formula is C12H11F3N2O. The molecule has 0 saturated carbocycles. The van der Waals surface area contributed by atoms with Crippen molar-refractivity contribution in [1.82, 2.24) is 0 Å². The summed E-state index contributed by atoms with van der Waals surface area (Å²) in [6.07, 6.45) is -3.48. The second kappa shape index (κ2) is 4.44. The van der Waals surface area contributed by atoms with Crippen LogP contribution in [0.15, 0.2) is 29.4 Å². The zero-order valence-electron chi connectivity index (χ0n) is 9.66. The highest BCUT2D eigenvalue weighted by atomic mass is 19.4. The third-order valence-corrected chi connectivity index (χ3v) is 2.68. The van der Waals surface area contributed by atoms with Crippen molar-refractivity contribution in [3.05, 3.63) is 29.8 Å². The highest BCUT2D eigenvalue weighted by Crippen LogP contribution is 2.31. The van der Waals surface area contributed by atoms with E-state index in [9.17, 15) is 18.0 Å². The van der Waals surface area contributed by atoms with Gasteiger partial charge in [0.1, 0.15) is 0 Å². The first kappa shape index (κ1) is 12.6. The molecule has 1 aliphatic heterocycles. The third kappa shape index (κ3) is 2.37. The Kier molecular flexibility index (Phi) is 3.11. The average Bonchev–Trinajstić information content (AvgIpc) is 2.70. The standard InChI is InChI=1S/C12H11F3N2O/c1-2-9-7-11(18)17(16-9)10-5-3-8(4-6-10)12(13,14)15/h3-6H,2,7H2,1H3. The summed E-state index contributed by atoms with van der Waals surface area (Å²) in [7, 11) is 0. The number of alkyl halides is 3. The second-order valence-corrected chi connectivity index (χ2v) is 3.95. The molecule has 0 N–H and O–H groups in total. The number of benzene rings is 1. The molecule has 1 amide bonds.